The molecule has 0 saturated carbocycles. The van der Waals surface area contributed by atoms with Gasteiger partial charge in [-0.05, 0) is 13.3 Å². The van der Waals surface area contributed by atoms with Crippen molar-refractivity contribution >= 4 is 22.1 Å². The van der Waals surface area contributed by atoms with E-state index in [0.717, 1.165) is 0 Å². The molecule has 0 aromatic rings. The van der Waals surface area contributed by atoms with Crippen LogP contribution in [-0.4, -0.2) is 28.2 Å². The molecule has 0 aliphatic carbocycles. The van der Waals surface area contributed by atoms with Crippen molar-refractivity contribution in [2.24, 2.45) is 0 Å². The normalized spacial score (nSPS) is 13.3. The van der Waals surface area contributed by atoms with Gasteiger partial charge in [0.1, 0.15) is 0 Å². The first-order valence-corrected chi connectivity index (χ1v) is 4.79. The number of unbranched alkanes of at least 4 members (excludes halogenated alkanes) is 3. The number of rotatable bonds is 6. The summed E-state index contributed by atoms with van der Waals surface area (Å²) >= 11 is 1.60. The summed E-state index contributed by atoms with van der Waals surface area (Å²) in [6, 6.07) is 0. The molecule has 0 N–H and O–H groups in total. The molecule has 57 valence electrons. The number of hydrogen-bond acceptors (Lipinski definition) is 1. The van der Waals surface area contributed by atoms with Crippen molar-refractivity contribution in [3.63, 3.8) is 0 Å². The Morgan fingerprint density at radius 2 is 2.00 bits per heavy atom. The highest BCUT2D eigenvalue weighted by Gasteiger charge is 1.95. The molecule has 0 amide bonds. The monoisotopic (exact) mass is 153 g/mol. The molecule has 1 atom stereocenters. The largest absolute Gasteiger partial charge is 0.582 e. The topological polar surface area (TPSA) is 9.23 Å². The van der Waals surface area contributed by atoms with Crippen molar-refractivity contribution in [1.29, 1.82) is 0 Å². The van der Waals surface area contributed by atoms with Gasteiger partial charge in [0.15, 0.2) is 0 Å². The Labute approximate surface area is 77.5 Å². The molecule has 1 radical (unpaired) electrons. The molecule has 0 spiro atoms. The van der Waals surface area contributed by atoms with Crippen molar-refractivity contribution < 1.29 is 3.17 Å². The molecule has 1 nitrogen and oxygen atoms in total. The summed E-state index contributed by atoms with van der Waals surface area (Å²) in [5.74, 6) is 0. The Morgan fingerprint density at radius 3 is 2.50 bits per heavy atom. The van der Waals surface area contributed by atoms with Crippen LogP contribution in [0.4, 0.5) is 0 Å². The molecule has 0 aromatic carbocycles. The van der Waals surface area contributed by atoms with Gasteiger partial charge < -0.3 is 3.17 Å². The van der Waals surface area contributed by atoms with Gasteiger partial charge in [-0.1, -0.05) is 32.6 Å². The molecule has 1 unspecified atom stereocenters. The fourth-order valence-corrected chi connectivity index (χ4v) is 1.11. The predicted octanol–water partition coefficient (Wildman–Crippen LogP) is 2.45. The van der Waals surface area contributed by atoms with Crippen LogP contribution in [0, 0.1) is 0 Å². The van der Waals surface area contributed by atoms with Crippen LogP contribution in [0.1, 0.15) is 46.0 Å². The van der Waals surface area contributed by atoms with Crippen LogP contribution in [0.5, 0.6) is 0 Å². The molecule has 0 rings (SSSR count). The molecule has 0 bridgehead atoms. The van der Waals surface area contributed by atoms with Crippen molar-refractivity contribution in [2.75, 3.05) is 0 Å². The molecule has 0 fully saturated rings. The van der Waals surface area contributed by atoms with Gasteiger partial charge in [-0.3, -0.25) is 0 Å². The summed E-state index contributed by atoms with van der Waals surface area (Å²) in [5.41, 5.74) is 0. The summed E-state index contributed by atoms with van der Waals surface area (Å²) in [6.07, 6.45) is 7.08. The van der Waals surface area contributed by atoms with E-state index in [2.05, 4.69) is 13.8 Å². The third-order valence-corrected chi connectivity index (χ3v) is 2.32. The zero-order valence-electron chi connectivity index (χ0n) is 7.23. The van der Waals surface area contributed by atoms with Crippen LogP contribution >= 0.6 is 0 Å². The van der Waals surface area contributed by atoms with E-state index >= 15 is 0 Å². The smallest absolute Gasteiger partial charge is 0.452 e. The SMILES string of the molecule is CCCCCCC(C)[O][Mg]. The van der Waals surface area contributed by atoms with Gasteiger partial charge in [0.05, 0.1) is 0 Å². The van der Waals surface area contributed by atoms with Crippen molar-refractivity contribution in [1.82, 2.24) is 0 Å². The molecule has 0 aliphatic rings. The first-order valence-electron chi connectivity index (χ1n) is 4.22. The van der Waals surface area contributed by atoms with Crippen LogP contribution in [0.3, 0.4) is 0 Å². The maximum Gasteiger partial charge on any atom is 0.452 e. The maximum absolute atomic E-state index is 5.16. The van der Waals surface area contributed by atoms with Gasteiger partial charge in [-0.15, -0.1) is 0 Å². The lowest BCUT2D eigenvalue weighted by Gasteiger charge is -2.11. The molecule has 0 heterocycles. The Balaban J connectivity index is 2.89. The maximum atomic E-state index is 5.16. The van der Waals surface area contributed by atoms with Crippen LogP contribution < -0.4 is 0 Å². The lowest BCUT2D eigenvalue weighted by Crippen LogP contribution is -2.04. The van der Waals surface area contributed by atoms with E-state index in [1.807, 2.05) is 0 Å². The van der Waals surface area contributed by atoms with Crippen LogP contribution in [0.15, 0.2) is 0 Å². The lowest BCUT2D eigenvalue weighted by molar-refractivity contribution is 0.226. The highest BCUT2D eigenvalue weighted by molar-refractivity contribution is 5.98. The van der Waals surface area contributed by atoms with Crippen LogP contribution in [-0.2, 0) is 3.17 Å². The van der Waals surface area contributed by atoms with E-state index in [9.17, 15) is 0 Å². The molecular weight excluding hydrogens is 136 g/mol. The van der Waals surface area contributed by atoms with Gasteiger partial charge in [-0.25, -0.2) is 0 Å². The second-order valence-corrected chi connectivity index (χ2v) is 3.16. The van der Waals surface area contributed by atoms with Crippen molar-refractivity contribution in [3.05, 3.63) is 0 Å². The number of hydrogen-bond donors (Lipinski definition) is 0. The summed E-state index contributed by atoms with van der Waals surface area (Å²) in [4.78, 5) is 0. The first-order chi connectivity index (χ1) is 4.81. The minimum atomic E-state index is 0.468. The lowest BCUT2D eigenvalue weighted by atomic mass is 10.1. The second kappa shape index (κ2) is 7.83. The molecule has 10 heavy (non-hydrogen) atoms. The fraction of sp³-hybridized carbons (Fsp3) is 1.00. The molecule has 0 aliphatic heterocycles. The minimum absolute atomic E-state index is 0.468. The summed E-state index contributed by atoms with van der Waals surface area (Å²) < 4.78 is 5.16. The van der Waals surface area contributed by atoms with Gasteiger partial charge in [0.25, 0.3) is 0 Å². The highest BCUT2D eigenvalue weighted by atomic mass is 24.4. The molecule has 2 heteroatoms. The third kappa shape index (κ3) is 6.84. The van der Waals surface area contributed by atoms with E-state index in [0.29, 0.717) is 6.10 Å². The second-order valence-electron chi connectivity index (χ2n) is 2.83. The van der Waals surface area contributed by atoms with E-state index < -0.39 is 0 Å². The summed E-state index contributed by atoms with van der Waals surface area (Å²) in [6.45, 7) is 4.38. The first kappa shape index (κ1) is 10.7. The van der Waals surface area contributed by atoms with Gasteiger partial charge >= 0.3 is 22.1 Å². The van der Waals surface area contributed by atoms with E-state index in [1.165, 1.54) is 32.1 Å². The average Bonchev–Trinajstić information content (AvgIpc) is 1.98. The Hall–Kier alpha value is 0.726. The van der Waals surface area contributed by atoms with Crippen molar-refractivity contribution in [2.45, 2.75) is 52.1 Å². The van der Waals surface area contributed by atoms with Gasteiger partial charge in [0, 0.05) is 6.10 Å². The molecular formula is C8H17MgO. The highest BCUT2D eigenvalue weighted by Crippen LogP contribution is 2.06. The zero-order chi connectivity index (χ0) is 7.82. The summed E-state index contributed by atoms with van der Waals surface area (Å²) in [7, 11) is 0. The third-order valence-electron chi connectivity index (χ3n) is 1.75. The van der Waals surface area contributed by atoms with Gasteiger partial charge in [0.2, 0.25) is 0 Å². The molecule has 0 aromatic heterocycles. The van der Waals surface area contributed by atoms with E-state index in [-0.39, 0.29) is 0 Å². The Morgan fingerprint density at radius 1 is 1.30 bits per heavy atom. The quantitative estimate of drug-likeness (QED) is 0.421. The Kier molecular flexibility index (Phi) is 8.40. The van der Waals surface area contributed by atoms with Crippen molar-refractivity contribution in [3.8, 4) is 0 Å². The predicted molar refractivity (Wildman–Crippen MR) is 45.1 cm³/mol. The Bertz CT molecular complexity index is 66.3. The average molecular weight is 154 g/mol. The van der Waals surface area contributed by atoms with E-state index in [4.69, 9.17) is 3.17 Å². The molecule has 0 saturated heterocycles. The van der Waals surface area contributed by atoms with E-state index in [1.54, 1.807) is 22.1 Å². The standard InChI is InChI=1S/C8H17O.Mg/c1-3-4-5-6-7-8(2)9;/h8H,3-7H2,1-2H3;/q-1;+1. The van der Waals surface area contributed by atoms with Gasteiger partial charge in [-0.2, -0.15) is 0 Å². The minimum Gasteiger partial charge on any atom is -0.582 e. The summed E-state index contributed by atoms with van der Waals surface area (Å²) in [5, 5.41) is 0. The fourth-order valence-electron chi connectivity index (χ4n) is 0.942. The zero-order valence-corrected chi connectivity index (χ0v) is 8.64. The van der Waals surface area contributed by atoms with Crippen LogP contribution in [0.2, 0.25) is 0 Å². The van der Waals surface area contributed by atoms with Crippen LogP contribution in [0.25, 0.3) is 0 Å².